The molecule has 1 aliphatic rings. The van der Waals surface area contributed by atoms with Crippen molar-refractivity contribution in [2.45, 2.75) is 11.4 Å². The minimum absolute atomic E-state index is 0.197. The molecule has 3 rings (SSSR count). The highest BCUT2D eigenvalue weighted by molar-refractivity contribution is 7.89. The van der Waals surface area contributed by atoms with Crippen molar-refractivity contribution < 1.29 is 8.42 Å². The van der Waals surface area contributed by atoms with Gasteiger partial charge in [-0.1, -0.05) is 6.07 Å². The second kappa shape index (κ2) is 6.81. The molecular weight excluding hydrogens is 330 g/mol. The average molecular weight is 347 g/mol. The zero-order valence-corrected chi connectivity index (χ0v) is 14.2. The molecule has 0 radical (unpaired) electrons. The highest BCUT2D eigenvalue weighted by atomic mass is 32.2. The van der Waals surface area contributed by atoms with E-state index >= 15 is 0 Å². The van der Waals surface area contributed by atoms with Crippen molar-refractivity contribution in [3.8, 4) is 6.07 Å². The smallest absolute Gasteiger partial charge is 0.243 e. The Bertz CT molecular complexity index is 802. The van der Waals surface area contributed by atoms with Gasteiger partial charge in [-0.05, 0) is 40.6 Å². The van der Waals surface area contributed by atoms with Crippen LogP contribution in [0.2, 0.25) is 0 Å². The Labute approximate surface area is 140 Å². The first kappa shape index (κ1) is 16.1. The Balaban J connectivity index is 1.67. The lowest BCUT2D eigenvalue weighted by Gasteiger charge is -2.33. The number of sulfonamides is 1. The third-order valence-electron chi connectivity index (χ3n) is 3.92. The fourth-order valence-electron chi connectivity index (χ4n) is 2.64. The molecule has 1 fully saturated rings. The summed E-state index contributed by atoms with van der Waals surface area (Å²) in [5.41, 5.74) is 1.63. The van der Waals surface area contributed by atoms with E-state index in [1.54, 1.807) is 29.5 Å². The molecule has 0 saturated carbocycles. The van der Waals surface area contributed by atoms with Crippen LogP contribution < -0.4 is 0 Å². The third kappa shape index (κ3) is 3.62. The first-order valence-electron chi connectivity index (χ1n) is 7.33. The molecule has 120 valence electrons. The maximum Gasteiger partial charge on any atom is 0.243 e. The Morgan fingerprint density at radius 3 is 2.61 bits per heavy atom. The molecule has 0 N–H and O–H groups in total. The topological polar surface area (TPSA) is 64.4 Å². The van der Waals surface area contributed by atoms with Gasteiger partial charge in [-0.3, -0.25) is 4.90 Å². The molecule has 2 aromatic rings. The van der Waals surface area contributed by atoms with Crippen LogP contribution in [0.1, 0.15) is 11.1 Å². The Hall–Kier alpha value is -1.72. The van der Waals surface area contributed by atoms with Crippen molar-refractivity contribution in [2.24, 2.45) is 0 Å². The normalized spacial score (nSPS) is 17.0. The molecule has 5 nitrogen and oxygen atoms in total. The number of nitriles is 1. The summed E-state index contributed by atoms with van der Waals surface area (Å²) < 4.78 is 26.9. The van der Waals surface area contributed by atoms with Gasteiger partial charge in [-0.15, -0.1) is 0 Å². The molecular formula is C16H17N3O2S2. The summed E-state index contributed by atoms with van der Waals surface area (Å²) in [5.74, 6) is 0. The second-order valence-electron chi connectivity index (χ2n) is 5.45. The lowest BCUT2D eigenvalue weighted by Crippen LogP contribution is -2.48. The number of piperazine rings is 1. The molecule has 1 aliphatic heterocycles. The second-order valence-corrected chi connectivity index (χ2v) is 8.17. The maximum atomic E-state index is 12.7. The molecule has 1 aromatic carbocycles. The number of thiophene rings is 1. The fraction of sp³-hybridized carbons (Fsp3) is 0.312. The number of hydrogen-bond donors (Lipinski definition) is 0. The molecule has 7 heteroatoms. The lowest BCUT2D eigenvalue weighted by molar-refractivity contribution is 0.182. The predicted octanol–water partition coefficient (Wildman–Crippen LogP) is 2.13. The van der Waals surface area contributed by atoms with Gasteiger partial charge in [0.1, 0.15) is 0 Å². The molecule has 0 aliphatic carbocycles. The first-order valence-corrected chi connectivity index (χ1v) is 9.71. The summed E-state index contributed by atoms with van der Waals surface area (Å²) >= 11 is 1.67. The van der Waals surface area contributed by atoms with E-state index in [9.17, 15) is 8.42 Å². The van der Waals surface area contributed by atoms with Crippen molar-refractivity contribution in [3.63, 3.8) is 0 Å². The van der Waals surface area contributed by atoms with Crippen LogP contribution >= 0.6 is 11.3 Å². The van der Waals surface area contributed by atoms with Gasteiger partial charge in [0.05, 0.1) is 16.5 Å². The summed E-state index contributed by atoms with van der Waals surface area (Å²) in [7, 11) is -3.52. The standard InChI is InChI=1S/C16H17N3O2S2/c17-11-14-2-1-3-16(10-14)23(20,21)19-7-5-18(6-8-19)12-15-4-9-22-13-15/h1-4,9-10,13H,5-8,12H2. The van der Waals surface area contributed by atoms with Crippen LogP contribution in [-0.4, -0.2) is 43.8 Å². The summed E-state index contributed by atoms with van der Waals surface area (Å²) in [5, 5.41) is 13.1. The van der Waals surface area contributed by atoms with E-state index in [2.05, 4.69) is 21.7 Å². The quantitative estimate of drug-likeness (QED) is 0.850. The van der Waals surface area contributed by atoms with Crippen LogP contribution in [0, 0.1) is 11.3 Å². The molecule has 23 heavy (non-hydrogen) atoms. The van der Waals surface area contributed by atoms with Gasteiger partial charge >= 0.3 is 0 Å². The summed E-state index contributed by atoms with van der Waals surface area (Å²) in [4.78, 5) is 2.46. The van der Waals surface area contributed by atoms with E-state index in [4.69, 9.17) is 5.26 Å². The minimum atomic E-state index is -3.52. The van der Waals surface area contributed by atoms with Crippen molar-refractivity contribution >= 4 is 21.4 Å². The molecule has 0 atom stereocenters. The predicted molar refractivity (Wildman–Crippen MR) is 89.5 cm³/mol. The van der Waals surface area contributed by atoms with Gasteiger partial charge < -0.3 is 0 Å². The van der Waals surface area contributed by atoms with Crippen molar-refractivity contribution in [1.82, 2.24) is 9.21 Å². The third-order valence-corrected chi connectivity index (χ3v) is 6.55. The van der Waals surface area contributed by atoms with Crippen molar-refractivity contribution in [1.29, 1.82) is 5.26 Å². The van der Waals surface area contributed by atoms with Crippen LogP contribution in [-0.2, 0) is 16.6 Å². The summed E-state index contributed by atoms with van der Waals surface area (Å²) in [6.45, 7) is 3.24. The van der Waals surface area contributed by atoms with Gasteiger partial charge in [0.25, 0.3) is 0 Å². The van der Waals surface area contributed by atoms with Crippen LogP contribution in [0.4, 0.5) is 0 Å². The molecule has 1 aromatic heterocycles. The number of hydrogen-bond acceptors (Lipinski definition) is 5. The largest absolute Gasteiger partial charge is 0.296 e. The Morgan fingerprint density at radius 2 is 1.96 bits per heavy atom. The highest BCUT2D eigenvalue weighted by Crippen LogP contribution is 2.19. The van der Waals surface area contributed by atoms with E-state index in [0.717, 1.165) is 6.54 Å². The summed E-state index contributed by atoms with van der Waals surface area (Å²) in [6.07, 6.45) is 0. The molecule has 0 unspecified atom stereocenters. The summed E-state index contributed by atoms with van der Waals surface area (Å²) in [6, 6.07) is 10.3. The molecule has 0 spiro atoms. The maximum absolute atomic E-state index is 12.7. The zero-order chi connectivity index (χ0) is 16.3. The first-order chi connectivity index (χ1) is 11.1. The van der Waals surface area contributed by atoms with Gasteiger partial charge in [0, 0.05) is 32.7 Å². The van der Waals surface area contributed by atoms with Crippen molar-refractivity contribution in [2.75, 3.05) is 26.2 Å². The lowest BCUT2D eigenvalue weighted by atomic mass is 10.2. The molecule has 1 saturated heterocycles. The van der Waals surface area contributed by atoms with E-state index in [-0.39, 0.29) is 4.90 Å². The molecule has 0 bridgehead atoms. The number of benzene rings is 1. The minimum Gasteiger partial charge on any atom is -0.296 e. The fourth-order valence-corrected chi connectivity index (χ4v) is 4.77. The van der Waals surface area contributed by atoms with E-state index < -0.39 is 10.0 Å². The van der Waals surface area contributed by atoms with Crippen LogP contribution in [0.3, 0.4) is 0 Å². The number of nitrogens with zero attached hydrogens (tertiary/aromatic N) is 3. The van der Waals surface area contributed by atoms with Gasteiger partial charge in [0.2, 0.25) is 10.0 Å². The monoisotopic (exact) mass is 347 g/mol. The van der Waals surface area contributed by atoms with Crippen molar-refractivity contribution in [3.05, 3.63) is 52.2 Å². The van der Waals surface area contributed by atoms with Gasteiger partial charge in [-0.2, -0.15) is 20.9 Å². The number of rotatable bonds is 4. The van der Waals surface area contributed by atoms with Crippen LogP contribution in [0.15, 0.2) is 46.0 Å². The van der Waals surface area contributed by atoms with Gasteiger partial charge in [0.15, 0.2) is 0 Å². The molecule has 0 amide bonds. The SMILES string of the molecule is N#Cc1cccc(S(=O)(=O)N2CCN(Cc3ccsc3)CC2)c1. The van der Waals surface area contributed by atoms with E-state index in [1.165, 1.54) is 15.9 Å². The zero-order valence-electron chi connectivity index (χ0n) is 12.6. The Kier molecular flexibility index (Phi) is 4.78. The average Bonchev–Trinajstić information content (AvgIpc) is 3.08. The van der Waals surface area contributed by atoms with E-state index in [1.807, 2.05) is 6.07 Å². The van der Waals surface area contributed by atoms with Gasteiger partial charge in [-0.25, -0.2) is 8.42 Å². The van der Waals surface area contributed by atoms with Crippen LogP contribution in [0.25, 0.3) is 0 Å². The Morgan fingerprint density at radius 1 is 1.17 bits per heavy atom. The van der Waals surface area contributed by atoms with Crippen LogP contribution in [0.5, 0.6) is 0 Å². The highest BCUT2D eigenvalue weighted by Gasteiger charge is 2.28. The molecule has 2 heterocycles. The van der Waals surface area contributed by atoms with E-state index in [0.29, 0.717) is 31.7 Å².